The van der Waals surface area contributed by atoms with Crippen LogP contribution in [0.3, 0.4) is 0 Å². The van der Waals surface area contributed by atoms with E-state index in [0.29, 0.717) is 5.56 Å². The van der Waals surface area contributed by atoms with Gasteiger partial charge in [0.15, 0.2) is 0 Å². The van der Waals surface area contributed by atoms with Crippen molar-refractivity contribution in [2.75, 3.05) is 26.2 Å². The largest absolute Gasteiger partial charge is 0.416 e. The van der Waals surface area contributed by atoms with Gasteiger partial charge < -0.3 is 4.90 Å². The van der Waals surface area contributed by atoms with Gasteiger partial charge in [-0.25, -0.2) is 8.42 Å². The predicted octanol–water partition coefficient (Wildman–Crippen LogP) is 3.47. The highest BCUT2D eigenvalue weighted by atomic mass is 32.2. The molecule has 5 nitrogen and oxygen atoms in total. The highest BCUT2D eigenvalue weighted by molar-refractivity contribution is 7.89. The lowest BCUT2D eigenvalue weighted by molar-refractivity contribution is -0.137. The molecule has 0 spiro atoms. The summed E-state index contributed by atoms with van der Waals surface area (Å²) < 4.78 is 64.7. The van der Waals surface area contributed by atoms with E-state index in [4.69, 9.17) is 0 Å². The van der Waals surface area contributed by atoms with Crippen LogP contribution in [0.1, 0.15) is 27.0 Å². The molecule has 9 heteroatoms. The highest BCUT2D eigenvalue weighted by Gasteiger charge is 2.33. The van der Waals surface area contributed by atoms with Gasteiger partial charge in [0.05, 0.1) is 10.5 Å². The third-order valence-electron chi connectivity index (χ3n) is 4.81. The maximum atomic E-state index is 12.7. The highest BCUT2D eigenvalue weighted by Crippen LogP contribution is 2.30. The zero-order chi connectivity index (χ0) is 21.4. The van der Waals surface area contributed by atoms with Crippen LogP contribution in [0.2, 0.25) is 0 Å². The molecule has 29 heavy (non-hydrogen) atoms. The summed E-state index contributed by atoms with van der Waals surface area (Å²) in [5, 5.41) is 0. The van der Waals surface area contributed by atoms with Gasteiger partial charge in [0.1, 0.15) is 0 Å². The molecule has 1 amide bonds. The summed E-state index contributed by atoms with van der Waals surface area (Å²) in [6, 6.07) is 8.99. The van der Waals surface area contributed by atoms with Crippen molar-refractivity contribution in [3.05, 3.63) is 64.7 Å². The van der Waals surface area contributed by atoms with Gasteiger partial charge in [0.25, 0.3) is 5.91 Å². The van der Waals surface area contributed by atoms with Gasteiger partial charge in [-0.15, -0.1) is 0 Å². The Morgan fingerprint density at radius 3 is 1.90 bits per heavy atom. The summed E-state index contributed by atoms with van der Waals surface area (Å²) in [4.78, 5) is 14.1. The molecule has 3 rings (SSSR count). The average Bonchev–Trinajstić information content (AvgIpc) is 2.66. The van der Waals surface area contributed by atoms with Gasteiger partial charge in [-0.2, -0.15) is 17.5 Å². The third kappa shape index (κ3) is 4.62. The van der Waals surface area contributed by atoms with Crippen molar-refractivity contribution in [3.63, 3.8) is 0 Å². The van der Waals surface area contributed by atoms with E-state index in [2.05, 4.69) is 0 Å². The Labute approximate surface area is 167 Å². The van der Waals surface area contributed by atoms with Gasteiger partial charge >= 0.3 is 6.18 Å². The van der Waals surface area contributed by atoms with E-state index in [0.717, 1.165) is 35.4 Å². The normalized spacial score (nSPS) is 16.1. The van der Waals surface area contributed by atoms with Crippen molar-refractivity contribution < 1.29 is 26.4 Å². The second kappa shape index (κ2) is 7.79. The van der Waals surface area contributed by atoms with E-state index in [1.165, 1.54) is 4.31 Å². The van der Waals surface area contributed by atoms with Gasteiger partial charge in [-0.1, -0.05) is 17.2 Å². The number of carbonyl (C=O) groups is 1. The zero-order valence-corrected chi connectivity index (χ0v) is 16.8. The summed E-state index contributed by atoms with van der Waals surface area (Å²) >= 11 is 0. The Balaban J connectivity index is 1.70. The second-order valence-electron chi connectivity index (χ2n) is 7.09. The molecule has 0 atom stereocenters. The van der Waals surface area contributed by atoms with Crippen molar-refractivity contribution in [1.82, 2.24) is 9.21 Å². The van der Waals surface area contributed by atoms with Crippen LogP contribution in [0, 0.1) is 13.8 Å². The number of sulfonamides is 1. The Bertz CT molecular complexity index is 990. The molecule has 0 saturated carbocycles. The average molecular weight is 426 g/mol. The molecule has 1 fully saturated rings. The molecule has 2 aromatic carbocycles. The van der Waals surface area contributed by atoms with Crippen molar-refractivity contribution in [2.45, 2.75) is 24.9 Å². The Morgan fingerprint density at radius 2 is 1.41 bits per heavy atom. The zero-order valence-electron chi connectivity index (χ0n) is 16.0. The molecule has 1 saturated heterocycles. The van der Waals surface area contributed by atoms with Crippen LogP contribution in [0.4, 0.5) is 13.2 Å². The summed E-state index contributed by atoms with van der Waals surface area (Å²) in [5.41, 5.74) is 1.59. The molecule has 0 N–H and O–H groups in total. The lowest BCUT2D eigenvalue weighted by atomic mass is 10.1. The lowest BCUT2D eigenvalue weighted by Gasteiger charge is -2.34. The summed E-state index contributed by atoms with van der Waals surface area (Å²) in [6.07, 6.45) is -4.53. The predicted molar refractivity (Wildman–Crippen MR) is 102 cm³/mol. The van der Waals surface area contributed by atoms with Gasteiger partial charge in [0, 0.05) is 31.7 Å². The minimum atomic E-state index is -4.53. The van der Waals surface area contributed by atoms with E-state index in [1.54, 1.807) is 17.0 Å². The van der Waals surface area contributed by atoms with Crippen LogP contribution in [-0.4, -0.2) is 49.7 Å². The molecule has 1 aliphatic rings. The number of amides is 1. The monoisotopic (exact) mass is 426 g/mol. The number of aryl methyl sites for hydroxylation is 2. The lowest BCUT2D eigenvalue weighted by Crippen LogP contribution is -2.50. The fraction of sp³-hybridized carbons (Fsp3) is 0.350. The fourth-order valence-electron chi connectivity index (χ4n) is 3.38. The second-order valence-corrected chi connectivity index (χ2v) is 9.03. The van der Waals surface area contributed by atoms with Gasteiger partial charge in [-0.3, -0.25) is 4.79 Å². The number of benzene rings is 2. The summed E-state index contributed by atoms with van der Waals surface area (Å²) in [5.74, 6) is -0.164. The Morgan fingerprint density at radius 1 is 0.897 bits per heavy atom. The molecule has 0 radical (unpaired) electrons. The summed E-state index contributed by atoms with van der Waals surface area (Å²) in [6.45, 7) is 4.40. The minimum Gasteiger partial charge on any atom is -0.336 e. The maximum Gasteiger partial charge on any atom is 0.416 e. The van der Waals surface area contributed by atoms with Crippen molar-refractivity contribution in [3.8, 4) is 0 Å². The van der Waals surface area contributed by atoms with Crippen molar-refractivity contribution in [1.29, 1.82) is 0 Å². The van der Waals surface area contributed by atoms with E-state index >= 15 is 0 Å². The molecule has 1 aliphatic heterocycles. The minimum absolute atomic E-state index is 0.0832. The molecule has 0 aromatic heterocycles. The number of hydrogen-bond donors (Lipinski definition) is 0. The van der Waals surface area contributed by atoms with Crippen molar-refractivity contribution in [2.24, 2.45) is 0 Å². The maximum absolute atomic E-state index is 12.7. The smallest absolute Gasteiger partial charge is 0.336 e. The number of nitrogens with zero attached hydrogens (tertiary/aromatic N) is 2. The van der Waals surface area contributed by atoms with Crippen LogP contribution in [0.25, 0.3) is 0 Å². The molecule has 156 valence electrons. The number of carbonyl (C=O) groups excluding carboxylic acids is 1. The molecule has 0 unspecified atom stereocenters. The third-order valence-corrected chi connectivity index (χ3v) is 6.73. The fourth-order valence-corrected chi connectivity index (χ4v) is 4.80. The number of hydrogen-bond acceptors (Lipinski definition) is 3. The van der Waals surface area contributed by atoms with E-state index < -0.39 is 21.8 Å². The number of rotatable bonds is 3. The number of piperazine rings is 1. The van der Waals surface area contributed by atoms with Crippen molar-refractivity contribution >= 4 is 15.9 Å². The van der Waals surface area contributed by atoms with Gasteiger partial charge in [0.2, 0.25) is 10.0 Å². The quantitative estimate of drug-likeness (QED) is 0.755. The molecular formula is C20H21F3N2O3S. The molecule has 0 aliphatic carbocycles. The van der Waals surface area contributed by atoms with Crippen LogP contribution in [-0.2, 0) is 16.2 Å². The standard InChI is InChI=1S/C20H21F3N2O3S/c1-14-11-15(2)13-16(12-14)19(26)24-7-9-25(10-8-24)29(27,28)18-5-3-17(4-6-18)20(21,22)23/h3-6,11-13H,7-10H2,1-2H3. The molecular weight excluding hydrogens is 405 g/mol. The van der Waals surface area contributed by atoms with E-state index in [-0.39, 0.29) is 37.0 Å². The Kier molecular flexibility index (Phi) is 5.73. The first-order chi connectivity index (χ1) is 13.5. The van der Waals surface area contributed by atoms with E-state index in [1.807, 2.05) is 19.9 Å². The van der Waals surface area contributed by atoms with Crippen LogP contribution in [0.5, 0.6) is 0 Å². The SMILES string of the molecule is Cc1cc(C)cc(C(=O)N2CCN(S(=O)(=O)c3ccc(C(F)(F)F)cc3)CC2)c1. The first-order valence-electron chi connectivity index (χ1n) is 9.03. The molecule has 1 heterocycles. The molecule has 0 bridgehead atoms. The van der Waals surface area contributed by atoms with Gasteiger partial charge in [-0.05, 0) is 50.2 Å². The van der Waals surface area contributed by atoms with E-state index in [9.17, 15) is 26.4 Å². The molecule has 2 aromatic rings. The van der Waals surface area contributed by atoms with Crippen LogP contribution in [0.15, 0.2) is 47.4 Å². The number of alkyl halides is 3. The first kappa shape index (κ1) is 21.3. The number of halogens is 3. The van der Waals surface area contributed by atoms with Crippen LogP contribution < -0.4 is 0 Å². The first-order valence-corrected chi connectivity index (χ1v) is 10.5. The van der Waals surface area contributed by atoms with Crippen LogP contribution >= 0.6 is 0 Å². The summed E-state index contributed by atoms with van der Waals surface area (Å²) in [7, 11) is -3.92. The topological polar surface area (TPSA) is 57.7 Å². The Hall–Kier alpha value is -2.39.